The van der Waals surface area contributed by atoms with Gasteiger partial charge in [0.2, 0.25) is 5.95 Å². The molecule has 1 unspecified atom stereocenters. The molecule has 9 heteroatoms. The molecule has 2 aromatic carbocycles. The number of aromatic nitrogens is 5. The van der Waals surface area contributed by atoms with Crippen LogP contribution in [0.4, 0.5) is 26.2 Å². The molecule has 32 heavy (non-hydrogen) atoms. The molecule has 5 rings (SSSR count). The molecule has 0 radical (unpaired) electrons. The highest BCUT2D eigenvalue weighted by Crippen LogP contribution is 2.40. The molecule has 1 aliphatic carbocycles. The maximum atomic E-state index is 14.9. The smallest absolute Gasteiger partial charge is 0.231 e. The van der Waals surface area contributed by atoms with Gasteiger partial charge in [0.15, 0.2) is 5.82 Å². The number of nitrogens with zero attached hydrogens (tertiary/aromatic N) is 6. The van der Waals surface area contributed by atoms with E-state index in [9.17, 15) is 8.78 Å². The first-order chi connectivity index (χ1) is 15.4. The maximum Gasteiger partial charge on any atom is 0.231 e. The van der Waals surface area contributed by atoms with Crippen LogP contribution in [-0.2, 0) is 6.42 Å². The van der Waals surface area contributed by atoms with Crippen molar-refractivity contribution in [3.05, 3.63) is 83.1 Å². The molecule has 0 spiro atoms. The molecule has 0 fully saturated rings. The van der Waals surface area contributed by atoms with Gasteiger partial charge in [0.1, 0.15) is 29.5 Å². The molecule has 0 amide bonds. The van der Waals surface area contributed by atoms with Crippen molar-refractivity contribution in [3.8, 4) is 5.69 Å². The maximum absolute atomic E-state index is 14.9. The van der Waals surface area contributed by atoms with Crippen LogP contribution in [-0.4, -0.2) is 31.8 Å². The van der Waals surface area contributed by atoms with Gasteiger partial charge in [-0.3, -0.25) is 0 Å². The van der Waals surface area contributed by atoms with Gasteiger partial charge in [-0.15, -0.1) is 0 Å². The molecule has 4 aromatic rings. The molecular weight excluding hydrogens is 412 g/mol. The van der Waals surface area contributed by atoms with Crippen LogP contribution in [0.25, 0.3) is 5.69 Å². The molecule has 2 N–H and O–H groups in total. The number of hydrogen-bond donors (Lipinski definition) is 1. The van der Waals surface area contributed by atoms with E-state index in [0.29, 0.717) is 29.0 Å². The second-order valence-corrected chi connectivity index (χ2v) is 7.83. The minimum atomic E-state index is -0.443. The van der Waals surface area contributed by atoms with Crippen LogP contribution in [0.2, 0.25) is 0 Å². The van der Waals surface area contributed by atoms with Crippen LogP contribution in [0.3, 0.4) is 0 Å². The average Bonchev–Trinajstić information content (AvgIpc) is 3.40. The predicted octanol–water partition coefficient (Wildman–Crippen LogP) is 4.07. The van der Waals surface area contributed by atoms with Gasteiger partial charge in [0.05, 0.1) is 5.69 Å². The van der Waals surface area contributed by atoms with Crippen molar-refractivity contribution in [1.82, 2.24) is 24.7 Å². The number of halogens is 2. The first-order valence-corrected chi connectivity index (χ1v) is 10.2. The molecule has 2 aromatic heterocycles. The number of rotatable bonds is 4. The van der Waals surface area contributed by atoms with E-state index in [-0.39, 0.29) is 11.7 Å². The van der Waals surface area contributed by atoms with Gasteiger partial charge >= 0.3 is 0 Å². The zero-order valence-electron chi connectivity index (χ0n) is 17.6. The van der Waals surface area contributed by atoms with Crippen LogP contribution in [0.5, 0.6) is 0 Å². The Morgan fingerprint density at radius 3 is 2.56 bits per heavy atom. The van der Waals surface area contributed by atoms with Gasteiger partial charge < -0.3 is 10.6 Å². The van der Waals surface area contributed by atoms with E-state index >= 15 is 0 Å². The summed E-state index contributed by atoms with van der Waals surface area (Å²) in [5, 5.41) is 4.06. The van der Waals surface area contributed by atoms with Crippen LogP contribution >= 0.6 is 0 Å². The molecule has 162 valence electrons. The highest BCUT2D eigenvalue weighted by Gasteiger charge is 2.29. The Morgan fingerprint density at radius 2 is 1.88 bits per heavy atom. The first kappa shape index (κ1) is 20.0. The number of aryl methyl sites for hydroxylation is 1. The highest BCUT2D eigenvalue weighted by atomic mass is 19.1. The summed E-state index contributed by atoms with van der Waals surface area (Å²) in [5.74, 6) is 0.669. The van der Waals surface area contributed by atoms with Gasteiger partial charge in [-0.25, -0.2) is 23.4 Å². The van der Waals surface area contributed by atoms with Crippen LogP contribution in [0.1, 0.15) is 35.0 Å². The molecule has 0 saturated carbocycles. The number of benzene rings is 2. The molecular formula is C23H21F2N7. The summed E-state index contributed by atoms with van der Waals surface area (Å²) in [6.45, 7) is 1.76. The van der Waals surface area contributed by atoms with E-state index in [1.54, 1.807) is 43.1 Å². The van der Waals surface area contributed by atoms with Crippen molar-refractivity contribution >= 4 is 17.5 Å². The summed E-state index contributed by atoms with van der Waals surface area (Å²) in [5.41, 5.74) is 9.87. The third-order valence-corrected chi connectivity index (χ3v) is 5.91. The Hall–Kier alpha value is -3.88. The summed E-state index contributed by atoms with van der Waals surface area (Å²) in [6, 6.07) is 11.3. The van der Waals surface area contributed by atoms with Gasteiger partial charge in [0, 0.05) is 24.2 Å². The SMILES string of the molecule is Cc1ncnn1-c1ccc(N(C)c2nc(N)c3c(n2)C(c2ccc(F)cc2)CC3)cc1F. The fourth-order valence-electron chi connectivity index (χ4n) is 4.17. The van der Waals surface area contributed by atoms with E-state index < -0.39 is 5.82 Å². The zero-order valence-corrected chi connectivity index (χ0v) is 17.6. The third-order valence-electron chi connectivity index (χ3n) is 5.91. The van der Waals surface area contributed by atoms with Crippen LogP contribution in [0, 0.1) is 18.6 Å². The quantitative estimate of drug-likeness (QED) is 0.522. The summed E-state index contributed by atoms with van der Waals surface area (Å²) in [4.78, 5) is 15.0. The Morgan fingerprint density at radius 1 is 1.09 bits per heavy atom. The minimum absolute atomic E-state index is 0.0115. The van der Waals surface area contributed by atoms with Crippen molar-refractivity contribution in [2.24, 2.45) is 0 Å². The third kappa shape index (κ3) is 3.35. The summed E-state index contributed by atoms with van der Waals surface area (Å²) < 4.78 is 29.7. The summed E-state index contributed by atoms with van der Waals surface area (Å²) >= 11 is 0. The molecule has 7 nitrogen and oxygen atoms in total. The fourth-order valence-corrected chi connectivity index (χ4v) is 4.17. The van der Waals surface area contributed by atoms with Gasteiger partial charge in [-0.1, -0.05) is 12.1 Å². The number of nitrogen functional groups attached to an aromatic ring is 1. The Labute approximate surface area is 183 Å². The molecule has 0 saturated heterocycles. The van der Waals surface area contributed by atoms with E-state index in [1.807, 2.05) is 0 Å². The van der Waals surface area contributed by atoms with Crippen molar-refractivity contribution in [3.63, 3.8) is 0 Å². The second kappa shape index (κ2) is 7.67. The minimum Gasteiger partial charge on any atom is -0.383 e. The lowest BCUT2D eigenvalue weighted by Crippen LogP contribution is -2.17. The number of anilines is 3. The molecule has 1 atom stereocenters. The number of hydrogen-bond acceptors (Lipinski definition) is 6. The van der Waals surface area contributed by atoms with Crippen molar-refractivity contribution in [2.75, 3.05) is 17.7 Å². The summed E-state index contributed by atoms with van der Waals surface area (Å²) in [6.07, 6.45) is 2.97. The second-order valence-electron chi connectivity index (χ2n) is 7.83. The van der Waals surface area contributed by atoms with Gasteiger partial charge in [-0.05, 0) is 55.7 Å². The molecule has 0 aliphatic heterocycles. The van der Waals surface area contributed by atoms with Crippen LogP contribution < -0.4 is 10.6 Å². The zero-order chi connectivity index (χ0) is 22.4. The monoisotopic (exact) mass is 433 g/mol. The lowest BCUT2D eigenvalue weighted by atomic mass is 9.97. The van der Waals surface area contributed by atoms with Crippen molar-refractivity contribution in [2.45, 2.75) is 25.7 Å². The van der Waals surface area contributed by atoms with E-state index in [2.05, 4.69) is 15.1 Å². The Balaban J connectivity index is 1.50. The molecule has 1 aliphatic rings. The van der Waals surface area contributed by atoms with E-state index in [4.69, 9.17) is 10.7 Å². The molecule has 2 heterocycles. The topological polar surface area (TPSA) is 85.8 Å². The number of nitrogens with two attached hydrogens (primary N) is 1. The van der Waals surface area contributed by atoms with Gasteiger partial charge in [-0.2, -0.15) is 10.1 Å². The van der Waals surface area contributed by atoms with Crippen molar-refractivity contribution in [1.29, 1.82) is 0 Å². The molecule has 0 bridgehead atoms. The highest BCUT2D eigenvalue weighted by molar-refractivity contribution is 5.62. The van der Waals surface area contributed by atoms with Gasteiger partial charge in [0.25, 0.3) is 0 Å². The van der Waals surface area contributed by atoms with Crippen LogP contribution in [0.15, 0.2) is 48.8 Å². The standard InChI is InChI=1S/C23H21F2N7/c1-13-27-12-28-32(13)20-10-7-16(11-19(20)25)31(2)23-29-21-17(8-9-18(21)22(26)30-23)14-3-5-15(24)6-4-14/h3-7,10-12,17H,8-9H2,1-2H3,(H2,26,29,30). The van der Waals surface area contributed by atoms with E-state index in [0.717, 1.165) is 29.7 Å². The first-order valence-electron chi connectivity index (χ1n) is 10.2. The van der Waals surface area contributed by atoms with Crippen molar-refractivity contribution < 1.29 is 8.78 Å². The Bertz CT molecular complexity index is 1300. The lowest BCUT2D eigenvalue weighted by molar-refractivity contribution is 0.608. The fraction of sp³-hybridized carbons (Fsp3) is 0.217. The average molecular weight is 433 g/mol. The number of fused-ring (bicyclic) bond motifs is 1. The normalized spacial score (nSPS) is 15.1. The summed E-state index contributed by atoms with van der Waals surface area (Å²) in [7, 11) is 1.76. The lowest BCUT2D eigenvalue weighted by Gasteiger charge is -2.20. The Kier molecular flexibility index (Phi) is 4.80. The largest absolute Gasteiger partial charge is 0.383 e. The van der Waals surface area contributed by atoms with E-state index in [1.165, 1.54) is 29.2 Å². The predicted molar refractivity (Wildman–Crippen MR) is 117 cm³/mol.